The number of carbonyl (C=O) groups is 2. The molecule has 32 heavy (non-hydrogen) atoms. The number of benzene rings is 2. The molecule has 1 atom stereocenters. The molecule has 6 heteroatoms. The van der Waals surface area contributed by atoms with E-state index in [1.54, 1.807) is 54.9 Å². The summed E-state index contributed by atoms with van der Waals surface area (Å²) in [6.45, 7) is 4.19. The molecule has 1 N–H and O–H groups in total. The Kier molecular flexibility index (Phi) is 6.12. The lowest BCUT2D eigenvalue weighted by atomic mass is 9.95. The molecule has 1 saturated heterocycles. The Balaban J connectivity index is 1.77. The number of aliphatic hydroxyl groups excluding tert-OH is 1. The molecule has 0 radical (unpaired) electrons. The first-order valence-corrected chi connectivity index (χ1v) is 10.2. The van der Waals surface area contributed by atoms with Crippen molar-refractivity contribution in [2.24, 2.45) is 0 Å². The first kappa shape index (κ1) is 21.1. The summed E-state index contributed by atoms with van der Waals surface area (Å²) in [6.07, 6.45) is 4.91. The summed E-state index contributed by atoms with van der Waals surface area (Å²) in [6, 6.07) is 18.8. The predicted octanol–water partition coefficient (Wildman–Crippen LogP) is 4.27. The maximum absolute atomic E-state index is 13.1. The molecule has 1 fully saturated rings. The van der Waals surface area contributed by atoms with Gasteiger partial charge in [-0.1, -0.05) is 43.0 Å². The maximum Gasteiger partial charge on any atom is 0.295 e. The van der Waals surface area contributed by atoms with Crippen LogP contribution in [0.1, 0.15) is 22.7 Å². The van der Waals surface area contributed by atoms with Gasteiger partial charge in [0, 0.05) is 24.5 Å². The van der Waals surface area contributed by atoms with Crippen molar-refractivity contribution in [1.29, 1.82) is 0 Å². The Bertz CT molecular complexity index is 1160. The number of aromatic nitrogens is 1. The van der Waals surface area contributed by atoms with Crippen molar-refractivity contribution in [3.8, 4) is 5.75 Å². The standard InChI is InChI=1S/C26H22N2O4/c1-2-16-32-21-10-8-20(9-11-21)24(29)22-23(19-6-4-3-5-7-19)28(26(31)25(22)30)17-18-12-14-27-15-13-18/h2-15,23,29H,1,16-17H2/b24-22-. The van der Waals surface area contributed by atoms with Gasteiger partial charge in [-0.15, -0.1) is 0 Å². The minimum atomic E-state index is -0.711. The number of amides is 1. The molecule has 1 unspecified atom stereocenters. The highest BCUT2D eigenvalue weighted by molar-refractivity contribution is 6.46. The molecule has 2 heterocycles. The van der Waals surface area contributed by atoms with Crippen LogP contribution in [0.15, 0.2) is 97.4 Å². The zero-order chi connectivity index (χ0) is 22.5. The van der Waals surface area contributed by atoms with Crippen LogP contribution in [0.5, 0.6) is 5.75 Å². The Morgan fingerprint density at radius 3 is 2.38 bits per heavy atom. The second-order valence-electron chi connectivity index (χ2n) is 7.32. The van der Waals surface area contributed by atoms with E-state index < -0.39 is 17.7 Å². The summed E-state index contributed by atoms with van der Waals surface area (Å²) in [5.41, 5.74) is 2.08. The normalized spacial score (nSPS) is 17.4. The van der Waals surface area contributed by atoms with Crippen LogP contribution in [-0.4, -0.2) is 33.3 Å². The molecule has 0 saturated carbocycles. The minimum Gasteiger partial charge on any atom is -0.507 e. The molecular formula is C26H22N2O4. The van der Waals surface area contributed by atoms with E-state index in [9.17, 15) is 14.7 Å². The van der Waals surface area contributed by atoms with Crippen molar-refractivity contribution in [1.82, 2.24) is 9.88 Å². The summed E-state index contributed by atoms with van der Waals surface area (Å²) in [7, 11) is 0. The number of Topliss-reactive ketones (excluding diaryl/α,β-unsaturated/α-hetero) is 1. The third kappa shape index (κ3) is 4.16. The SMILES string of the molecule is C=CCOc1ccc(/C(O)=C2/C(=O)C(=O)N(Cc3ccncc3)C2c2ccccc2)cc1. The van der Waals surface area contributed by atoms with Crippen LogP contribution in [0.3, 0.4) is 0 Å². The summed E-state index contributed by atoms with van der Waals surface area (Å²) >= 11 is 0. The third-order valence-corrected chi connectivity index (χ3v) is 5.25. The summed E-state index contributed by atoms with van der Waals surface area (Å²) in [4.78, 5) is 31.5. The van der Waals surface area contributed by atoms with Crippen molar-refractivity contribution in [2.45, 2.75) is 12.6 Å². The van der Waals surface area contributed by atoms with Crippen LogP contribution in [0.25, 0.3) is 5.76 Å². The number of carbonyl (C=O) groups excluding carboxylic acids is 2. The van der Waals surface area contributed by atoms with Gasteiger partial charge in [0.25, 0.3) is 11.7 Å². The van der Waals surface area contributed by atoms with Crippen LogP contribution < -0.4 is 4.74 Å². The third-order valence-electron chi connectivity index (χ3n) is 5.25. The molecule has 0 spiro atoms. The molecule has 1 aromatic heterocycles. The molecule has 2 aromatic carbocycles. The minimum absolute atomic E-state index is 0.0648. The molecule has 1 aliphatic rings. The number of likely N-dealkylation sites (tertiary alicyclic amines) is 1. The second kappa shape index (κ2) is 9.31. The van der Waals surface area contributed by atoms with Crippen molar-refractivity contribution < 1.29 is 19.4 Å². The number of ketones is 1. The fourth-order valence-corrected chi connectivity index (χ4v) is 3.73. The Morgan fingerprint density at radius 2 is 1.72 bits per heavy atom. The molecule has 0 bridgehead atoms. The number of rotatable bonds is 7. The Morgan fingerprint density at radius 1 is 1.03 bits per heavy atom. The summed E-state index contributed by atoms with van der Waals surface area (Å²) in [5.74, 6) is -0.968. The molecule has 1 aliphatic heterocycles. The largest absolute Gasteiger partial charge is 0.507 e. The van der Waals surface area contributed by atoms with Gasteiger partial charge in [-0.25, -0.2) is 0 Å². The van der Waals surface area contributed by atoms with Gasteiger partial charge in [0.2, 0.25) is 0 Å². The zero-order valence-electron chi connectivity index (χ0n) is 17.3. The van der Waals surface area contributed by atoms with Crippen LogP contribution in [0, 0.1) is 0 Å². The molecule has 4 rings (SSSR count). The molecule has 1 amide bonds. The number of hydrogen-bond acceptors (Lipinski definition) is 5. The van der Waals surface area contributed by atoms with E-state index in [-0.39, 0.29) is 17.9 Å². The van der Waals surface area contributed by atoms with Gasteiger partial charge in [0.05, 0.1) is 11.6 Å². The van der Waals surface area contributed by atoms with Gasteiger partial charge in [-0.05, 0) is 47.5 Å². The average molecular weight is 426 g/mol. The van der Waals surface area contributed by atoms with E-state index in [2.05, 4.69) is 11.6 Å². The van der Waals surface area contributed by atoms with Gasteiger partial charge in [-0.3, -0.25) is 14.6 Å². The highest BCUT2D eigenvalue weighted by Crippen LogP contribution is 2.40. The molecular weight excluding hydrogens is 404 g/mol. The van der Waals surface area contributed by atoms with Crippen molar-refractivity contribution in [3.05, 3.63) is 114 Å². The van der Waals surface area contributed by atoms with E-state index in [0.717, 1.165) is 11.1 Å². The first-order chi connectivity index (χ1) is 15.6. The van der Waals surface area contributed by atoms with Crippen LogP contribution in [-0.2, 0) is 16.1 Å². The number of pyridine rings is 1. The predicted molar refractivity (Wildman–Crippen MR) is 121 cm³/mol. The molecule has 6 nitrogen and oxygen atoms in total. The monoisotopic (exact) mass is 426 g/mol. The fourth-order valence-electron chi connectivity index (χ4n) is 3.73. The molecule has 3 aromatic rings. The second-order valence-corrected chi connectivity index (χ2v) is 7.32. The smallest absolute Gasteiger partial charge is 0.295 e. The maximum atomic E-state index is 13.1. The number of aliphatic hydroxyl groups is 1. The van der Waals surface area contributed by atoms with Gasteiger partial charge in [0.1, 0.15) is 18.1 Å². The van der Waals surface area contributed by atoms with E-state index in [0.29, 0.717) is 17.9 Å². The number of ether oxygens (including phenoxy) is 1. The van der Waals surface area contributed by atoms with Crippen molar-refractivity contribution in [2.75, 3.05) is 6.61 Å². The lowest BCUT2D eigenvalue weighted by molar-refractivity contribution is -0.140. The number of nitrogens with zero attached hydrogens (tertiary/aromatic N) is 2. The lowest BCUT2D eigenvalue weighted by Crippen LogP contribution is -2.29. The highest BCUT2D eigenvalue weighted by Gasteiger charge is 2.45. The Labute approximate surface area is 186 Å². The van der Waals surface area contributed by atoms with Crippen LogP contribution >= 0.6 is 0 Å². The Hall–Kier alpha value is -4.19. The van der Waals surface area contributed by atoms with Crippen molar-refractivity contribution in [3.63, 3.8) is 0 Å². The fraction of sp³-hybridized carbons (Fsp3) is 0.115. The number of hydrogen-bond donors (Lipinski definition) is 1. The van der Waals surface area contributed by atoms with E-state index in [1.807, 2.05) is 30.3 Å². The molecule has 0 aliphatic carbocycles. The summed E-state index contributed by atoms with van der Waals surface area (Å²) < 4.78 is 5.48. The van der Waals surface area contributed by atoms with E-state index in [4.69, 9.17) is 4.74 Å². The lowest BCUT2D eigenvalue weighted by Gasteiger charge is -2.25. The first-order valence-electron chi connectivity index (χ1n) is 10.2. The van der Waals surface area contributed by atoms with Gasteiger partial charge in [0.15, 0.2) is 0 Å². The van der Waals surface area contributed by atoms with E-state index in [1.165, 1.54) is 4.90 Å². The average Bonchev–Trinajstić information content (AvgIpc) is 3.09. The zero-order valence-corrected chi connectivity index (χ0v) is 17.3. The summed E-state index contributed by atoms with van der Waals surface area (Å²) in [5, 5.41) is 11.1. The van der Waals surface area contributed by atoms with Gasteiger partial charge in [-0.2, -0.15) is 0 Å². The van der Waals surface area contributed by atoms with Crippen LogP contribution in [0.4, 0.5) is 0 Å². The quantitative estimate of drug-likeness (QED) is 0.264. The van der Waals surface area contributed by atoms with Gasteiger partial charge >= 0.3 is 0 Å². The van der Waals surface area contributed by atoms with Gasteiger partial charge < -0.3 is 14.7 Å². The van der Waals surface area contributed by atoms with Crippen molar-refractivity contribution >= 4 is 17.4 Å². The van der Waals surface area contributed by atoms with Crippen LogP contribution in [0.2, 0.25) is 0 Å². The molecule has 160 valence electrons. The topological polar surface area (TPSA) is 79.7 Å². The van der Waals surface area contributed by atoms with E-state index >= 15 is 0 Å². The highest BCUT2D eigenvalue weighted by atomic mass is 16.5.